The molecule has 2 atom stereocenters. The molecule has 1 fully saturated rings. The van der Waals surface area contributed by atoms with Crippen molar-refractivity contribution < 1.29 is 28.9 Å². The van der Waals surface area contributed by atoms with Crippen molar-refractivity contribution in [3.8, 4) is 5.75 Å². The first-order chi connectivity index (χ1) is 15.4. The maximum Gasteiger partial charge on any atom is 0.414 e. The molecule has 7 nitrogen and oxygen atoms in total. The van der Waals surface area contributed by atoms with E-state index >= 15 is 0 Å². The number of nitrogens with zero attached hydrogens (tertiary/aromatic N) is 1. The summed E-state index contributed by atoms with van der Waals surface area (Å²) in [5, 5.41) is 16.2. The molecule has 0 spiro atoms. The number of carboxylic acids is 2. The standard InChI is InChI=1S/C22H23FN2O.C2H2O4/c23-15-6-9-17(10-7-15)26-13-3-12-25-16-8-11-21(25)22-18-4-1-2-5-19(18)24-20(22)14-16;3-1(4)2(5)6/h1-2,4-7,9-10,16,21,24H,3,8,11-14H2;(H,3,4)(H,5,6). The van der Waals surface area contributed by atoms with Gasteiger partial charge in [0.15, 0.2) is 0 Å². The number of para-hydroxylation sites is 1. The van der Waals surface area contributed by atoms with Crippen molar-refractivity contribution in [1.29, 1.82) is 0 Å². The van der Waals surface area contributed by atoms with Crippen molar-refractivity contribution in [1.82, 2.24) is 9.88 Å². The summed E-state index contributed by atoms with van der Waals surface area (Å²) in [5.41, 5.74) is 4.23. The van der Waals surface area contributed by atoms with Gasteiger partial charge in [0, 0.05) is 41.6 Å². The lowest BCUT2D eigenvalue weighted by Crippen LogP contribution is -2.38. The molecule has 1 aromatic heterocycles. The van der Waals surface area contributed by atoms with Crippen LogP contribution < -0.4 is 4.74 Å². The van der Waals surface area contributed by atoms with Crippen LogP contribution in [0, 0.1) is 5.82 Å². The molecular weight excluding hydrogens is 415 g/mol. The number of nitrogens with one attached hydrogen (secondary N) is 1. The number of hydrogen-bond donors (Lipinski definition) is 3. The molecule has 3 aromatic rings. The molecule has 168 valence electrons. The van der Waals surface area contributed by atoms with Crippen LogP contribution in [0.25, 0.3) is 10.9 Å². The van der Waals surface area contributed by atoms with Gasteiger partial charge in [0.05, 0.1) is 6.61 Å². The van der Waals surface area contributed by atoms with Gasteiger partial charge in [0.2, 0.25) is 0 Å². The van der Waals surface area contributed by atoms with Gasteiger partial charge in [-0.1, -0.05) is 18.2 Å². The Bertz CT molecular complexity index is 1100. The van der Waals surface area contributed by atoms with Gasteiger partial charge in [-0.25, -0.2) is 14.0 Å². The highest BCUT2D eigenvalue weighted by Gasteiger charge is 2.41. The lowest BCUT2D eigenvalue weighted by molar-refractivity contribution is -0.159. The number of aromatic nitrogens is 1. The molecule has 1 saturated heterocycles. The fourth-order valence-corrected chi connectivity index (χ4v) is 4.77. The average Bonchev–Trinajstić information content (AvgIpc) is 3.28. The van der Waals surface area contributed by atoms with Crippen LogP contribution in [-0.2, 0) is 16.0 Å². The van der Waals surface area contributed by atoms with Crippen molar-refractivity contribution >= 4 is 22.8 Å². The van der Waals surface area contributed by atoms with Gasteiger partial charge in [0.25, 0.3) is 0 Å². The van der Waals surface area contributed by atoms with E-state index in [4.69, 9.17) is 24.5 Å². The summed E-state index contributed by atoms with van der Waals surface area (Å²) in [4.78, 5) is 24.5. The number of carboxylic acid groups (broad SMARTS) is 2. The maximum absolute atomic E-state index is 13.0. The molecule has 2 aliphatic rings. The summed E-state index contributed by atoms with van der Waals surface area (Å²) in [6.07, 6.45) is 4.64. The first kappa shape index (κ1) is 21.8. The second kappa shape index (κ2) is 9.40. The minimum Gasteiger partial charge on any atom is -0.494 e. The summed E-state index contributed by atoms with van der Waals surface area (Å²) in [6, 6.07) is 16.1. The lowest BCUT2D eigenvalue weighted by atomic mass is 9.97. The van der Waals surface area contributed by atoms with Crippen LogP contribution in [0.4, 0.5) is 4.39 Å². The topological polar surface area (TPSA) is 103 Å². The number of aliphatic carboxylic acids is 2. The Morgan fingerprint density at radius 3 is 2.50 bits per heavy atom. The third-order valence-electron chi connectivity index (χ3n) is 6.07. The van der Waals surface area contributed by atoms with E-state index in [1.54, 1.807) is 12.1 Å². The number of benzene rings is 2. The minimum atomic E-state index is -1.82. The first-order valence-corrected chi connectivity index (χ1v) is 10.6. The molecule has 2 unspecified atom stereocenters. The molecule has 0 aliphatic carbocycles. The fraction of sp³-hybridized carbons (Fsp3) is 0.333. The smallest absolute Gasteiger partial charge is 0.414 e. The minimum absolute atomic E-state index is 0.225. The van der Waals surface area contributed by atoms with Crippen molar-refractivity contribution in [2.24, 2.45) is 0 Å². The number of halogens is 1. The van der Waals surface area contributed by atoms with Crippen molar-refractivity contribution in [3.63, 3.8) is 0 Å². The molecule has 0 amide bonds. The van der Waals surface area contributed by atoms with Gasteiger partial charge in [-0.3, -0.25) is 4.90 Å². The molecule has 3 heterocycles. The van der Waals surface area contributed by atoms with E-state index in [1.165, 1.54) is 47.1 Å². The number of rotatable bonds is 5. The molecule has 2 aromatic carbocycles. The monoisotopic (exact) mass is 440 g/mol. The molecule has 2 aliphatic heterocycles. The maximum atomic E-state index is 13.0. The highest BCUT2D eigenvalue weighted by molar-refractivity contribution is 6.27. The largest absolute Gasteiger partial charge is 0.494 e. The van der Waals surface area contributed by atoms with Gasteiger partial charge in [-0.05, 0) is 55.2 Å². The number of carbonyl (C=O) groups is 2. The summed E-state index contributed by atoms with van der Waals surface area (Å²) >= 11 is 0. The van der Waals surface area contributed by atoms with Crippen LogP contribution >= 0.6 is 0 Å². The Balaban J connectivity index is 0.000000363. The fourth-order valence-electron chi connectivity index (χ4n) is 4.77. The molecule has 32 heavy (non-hydrogen) atoms. The number of hydrogen-bond acceptors (Lipinski definition) is 4. The Hall–Kier alpha value is -3.39. The molecule has 0 radical (unpaired) electrons. The molecule has 2 bridgehead atoms. The Morgan fingerprint density at radius 2 is 1.78 bits per heavy atom. The third kappa shape index (κ3) is 4.60. The highest BCUT2D eigenvalue weighted by atomic mass is 19.1. The van der Waals surface area contributed by atoms with E-state index in [1.807, 2.05) is 0 Å². The van der Waals surface area contributed by atoms with Crippen LogP contribution in [0.2, 0.25) is 0 Å². The van der Waals surface area contributed by atoms with Gasteiger partial charge in [-0.2, -0.15) is 0 Å². The first-order valence-electron chi connectivity index (χ1n) is 10.6. The molecule has 3 N–H and O–H groups in total. The van der Waals surface area contributed by atoms with E-state index in [0.717, 1.165) is 25.1 Å². The van der Waals surface area contributed by atoms with Crippen LogP contribution in [-0.4, -0.2) is 51.2 Å². The summed E-state index contributed by atoms with van der Waals surface area (Å²) in [7, 11) is 0. The number of ether oxygens (including phenoxy) is 1. The van der Waals surface area contributed by atoms with Crippen LogP contribution in [0.5, 0.6) is 5.75 Å². The van der Waals surface area contributed by atoms with Crippen molar-refractivity contribution in [2.45, 2.75) is 37.8 Å². The van der Waals surface area contributed by atoms with E-state index in [0.29, 0.717) is 18.7 Å². The second-order valence-electron chi connectivity index (χ2n) is 8.02. The van der Waals surface area contributed by atoms with Crippen molar-refractivity contribution in [3.05, 3.63) is 65.6 Å². The quantitative estimate of drug-likeness (QED) is 0.410. The number of H-pyrrole nitrogens is 1. The normalized spacial score (nSPS) is 19.2. The zero-order valence-corrected chi connectivity index (χ0v) is 17.5. The van der Waals surface area contributed by atoms with E-state index in [-0.39, 0.29) is 5.82 Å². The van der Waals surface area contributed by atoms with E-state index in [9.17, 15) is 4.39 Å². The Morgan fingerprint density at radius 1 is 1.06 bits per heavy atom. The Kier molecular flexibility index (Phi) is 6.41. The predicted molar refractivity (Wildman–Crippen MR) is 116 cm³/mol. The lowest BCUT2D eigenvalue weighted by Gasteiger charge is -2.35. The van der Waals surface area contributed by atoms with Gasteiger partial charge < -0.3 is 19.9 Å². The van der Waals surface area contributed by atoms with Crippen LogP contribution in [0.15, 0.2) is 48.5 Å². The van der Waals surface area contributed by atoms with Crippen LogP contribution in [0.1, 0.15) is 36.6 Å². The zero-order valence-electron chi connectivity index (χ0n) is 17.5. The predicted octanol–water partition coefficient (Wildman–Crippen LogP) is 3.99. The number of fused-ring (bicyclic) bond motifs is 6. The third-order valence-corrected chi connectivity index (χ3v) is 6.07. The Labute approximate surface area is 184 Å². The van der Waals surface area contributed by atoms with Crippen LogP contribution in [0.3, 0.4) is 0 Å². The van der Waals surface area contributed by atoms with E-state index < -0.39 is 11.9 Å². The summed E-state index contributed by atoms with van der Waals surface area (Å²) in [6.45, 7) is 1.72. The molecule has 0 saturated carbocycles. The van der Waals surface area contributed by atoms with Gasteiger partial charge in [0.1, 0.15) is 11.6 Å². The van der Waals surface area contributed by atoms with E-state index in [2.05, 4.69) is 34.1 Å². The van der Waals surface area contributed by atoms with Crippen molar-refractivity contribution in [2.75, 3.05) is 13.2 Å². The average molecular weight is 440 g/mol. The molecular formula is C24H25FN2O5. The van der Waals surface area contributed by atoms with Gasteiger partial charge in [-0.15, -0.1) is 0 Å². The zero-order chi connectivity index (χ0) is 22.7. The van der Waals surface area contributed by atoms with Gasteiger partial charge >= 0.3 is 11.9 Å². The second-order valence-corrected chi connectivity index (χ2v) is 8.02. The highest BCUT2D eigenvalue weighted by Crippen LogP contribution is 2.46. The summed E-state index contributed by atoms with van der Waals surface area (Å²) in [5.74, 6) is -3.13. The number of aromatic amines is 1. The molecule has 5 rings (SSSR count). The SMILES string of the molecule is Fc1ccc(OCCCN2C3CCC2c2c([nH]c4ccccc24)C3)cc1.O=C(O)C(=O)O. The molecule has 8 heteroatoms. The summed E-state index contributed by atoms with van der Waals surface area (Å²) < 4.78 is 18.7.